The average Bonchev–Trinajstić information content (AvgIpc) is 2.58. The summed E-state index contributed by atoms with van der Waals surface area (Å²) in [5.41, 5.74) is 1.21. The Hall–Kier alpha value is -2.60. The minimum absolute atomic E-state index is 0.0128. The van der Waals surface area contributed by atoms with Crippen LogP contribution in [0.2, 0.25) is 5.02 Å². The third-order valence-corrected chi connectivity index (χ3v) is 3.98. The zero-order chi connectivity index (χ0) is 18.6. The maximum atomic E-state index is 13.7. The van der Waals surface area contributed by atoms with Gasteiger partial charge in [0.25, 0.3) is 5.91 Å². The van der Waals surface area contributed by atoms with E-state index in [1.165, 1.54) is 26.2 Å². The number of rotatable bonds is 5. The average molecular weight is 366 g/mol. The minimum Gasteiger partial charge on any atom is -0.494 e. The summed E-state index contributed by atoms with van der Waals surface area (Å²) in [6, 6.07) is 8.75. The molecular formula is C18H17ClFNO4. The molecule has 0 aromatic heterocycles. The summed E-state index contributed by atoms with van der Waals surface area (Å²) in [4.78, 5) is 24.2. The van der Waals surface area contributed by atoms with E-state index in [2.05, 4.69) is 5.32 Å². The summed E-state index contributed by atoms with van der Waals surface area (Å²) in [6.45, 7) is 3.18. The zero-order valence-corrected chi connectivity index (χ0v) is 14.7. The lowest BCUT2D eigenvalue weighted by Crippen LogP contribution is -2.30. The molecule has 0 heterocycles. The molecule has 1 atom stereocenters. The molecule has 0 saturated carbocycles. The summed E-state index contributed by atoms with van der Waals surface area (Å²) in [7, 11) is 1.32. The van der Waals surface area contributed by atoms with E-state index in [9.17, 15) is 14.0 Å². The molecule has 2 aromatic carbocycles. The highest BCUT2D eigenvalue weighted by atomic mass is 35.5. The molecule has 7 heteroatoms. The fourth-order valence-electron chi connectivity index (χ4n) is 2.05. The van der Waals surface area contributed by atoms with Gasteiger partial charge in [-0.05, 0) is 49.7 Å². The van der Waals surface area contributed by atoms with Crippen molar-refractivity contribution in [2.75, 3.05) is 12.4 Å². The molecule has 25 heavy (non-hydrogen) atoms. The molecule has 2 aromatic rings. The molecule has 132 valence electrons. The molecule has 0 aliphatic rings. The molecule has 0 unspecified atom stereocenters. The van der Waals surface area contributed by atoms with Gasteiger partial charge in [-0.15, -0.1) is 0 Å². The number of amides is 1. The lowest BCUT2D eigenvalue weighted by molar-refractivity contribution is -0.123. The molecule has 0 bridgehead atoms. The Morgan fingerprint density at radius 1 is 1.24 bits per heavy atom. The van der Waals surface area contributed by atoms with Crippen molar-refractivity contribution in [2.24, 2.45) is 0 Å². The molecule has 0 fully saturated rings. The Bertz CT molecular complexity index is 810. The number of hydrogen-bond acceptors (Lipinski definition) is 4. The Morgan fingerprint density at radius 2 is 1.96 bits per heavy atom. The van der Waals surface area contributed by atoms with Gasteiger partial charge >= 0.3 is 5.97 Å². The molecule has 0 saturated heterocycles. The number of anilines is 1. The van der Waals surface area contributed by atoms with Gasteiger partial charge in [-0.3, -0.25) is 4.79 Å². The molecule has 1 N–H and O–H groups in total. The predicted octanol–water partition coefficient (Wildman–Crippen LogP) is 3.98. The summed E-state index contributed by atoms with van der Waals surface area (Å²) < 4.78 is 23.5. The number of benzene rings is 2. The molecule has 2 rings (SSSR count). The van der Waals surface area contributed by atoms with E-state index in [-0.39, 0.29) is 11.3 Å². The number of hydrogen-bond donors (Lipinski definition) is 1. The SMILES string of the molecule is COc1ccc(C(=O)O[C@H](C)C(=O)Nc2cccc(Cl)c2C)cc1F. The third-order valence-electron chi connectivity index (χ3n) is 3.57. The zero-order valence-electron chi connectivity index (χ0n) is 13.9. The second-order valence-electron chi connectivity index (χ2n) is 5.30. The third kappa shape index (κ3) is 4.48. The number of carbonyl (C=O) groups is 2. The van der Waals surface area contributed by atoms with Crippen molar-refractivity contribution < 1.29 is 23.5 Å². The molecule has 0 spiro atoms. The topological polar surface area (TPSA) is 64.6 Å². The van der Waals surface area contributed by atoms with E-state index in [4.69, 9.17) is 21.1 Å². The van der Waals surface area contributed by atoms with Crippen LogP contribution < -0.4 is 10.1 Å². The maximum Gasteiger partial charge on any atom is 0.339 e. The lowest BCUT2D eigenvalue weighted by atomic mass is 10.2. The van der Waals surface area contributed by atoms with Crippen molar-refractivity contribution in [1.82, 2.24) is 0 Å². The monoisotopic (exact) mass is 365 g/mol. The van der Waals surface area contributed by atoms with Gasteiger partial charge in [-0.25, -0.2) is 9.18 Å². The van der Waals surface area contributed by atoms with Gasteiger partial charge < -0.3 is 14.8 Å². The fraction of sp³-hybridized carbons (Fsp3) is 0.222. The highest BCUT2D eigenvalue weighted by molar-refractivity contribution is 6.31. The van der Waals surface area contributed by atoms with Crippen LogP contribution in [0.25, 0.3) is 0 Å². The first-order valence-corrected chi connectivity index (χ1v) is 7.81. The Kier molecular flexibility index (Phi) is 5.98. The number of ether oxygens (including phenoxy) is 2. The van der Waals surface area contributed by atoms with E-state index in [1.807, 2.05) is 0 Å². The van der Waals surface area contributed by atoms with Crippen molar-refractivity contribution in [3.05, 3.63) is 58.4 Å². The first-order valence-electron chi connectivity index (χ1n) is 7.44. The van der Waals surface area contributed by atoms with Gasteiger partial charge in [0, 0.05) is 10.7 Å². The maximum absolute atomic E-state index is 13.7. The first-order chi connectivity index (χ1) is 11.8. The number of methoxy groups -OCH3 is 1. The van der Waals surface area contributed by atoms with Gasteiger partial charge in [0.1, 0.15) is 0 Å². The van der Waals surface area contributed by atoms with E-state index in [0.29, 0.717) is 16.3 Å². The van der Waals surface area contributed by atoms with Gasteiger partial charge in [0.2, 0.25) is 0 Å². The van der Waals surface area contributed by atoms with Gasteiger partial charge in [-0.2, -0.15) is 0 Å². The predicted molar refractivity (Wildman–Crippen MR) is 92.6 cm³/mol. The lowest BCUT2D eigenvalue weighted by Gasteiger charge is -2.15. The Labute approximate surface area is 149 Å². The van der Waals surface area contributed by atoms with Crippen LogP contribution in [0.15, 0.2) is 36.4 Å². The smallest absolute Gasteiger partial charge is 0.339 e. The molecular weight excluding hydrogens is 349 g/mol. The van der Waals surface area contributed by atoms with E-state index >= 15 is 0 Å². The first kappa shape index (κ1) is 18.7. The van der Waals surface area contributed by atoms with Crippen molar-refractivity contribution in [3.8, 4) is 5.75 Å². The van der Waals surface area contributed by atoms with Crippen molar-refractivity contribution in [2.45, 2.75) is 20.0 Å². The van der Waals surface area contributed by atoms with Crippen LogP contribution in [0.4, 0.5) is 10.1 Å². The van der Waals surface area contributed by atoms with Crippen LogP contribution in [0.5, 0.6) is 5.75 Å². The van der Waals surface area contributed by atoms with E-state index in [1.54, 1.807) is 25.1 Å². The molecule has 0 aliphatic carbocycles. The Balaban J connectivity index is 2.04. The van der Waals surface area contributed by atoms with Crippen LogP contribution in [-0.4, -0.2) is 25.1 Å². The van der Waals surface area contributed by atoms with E-state index in [0.717, 1.165) is 6.07 Å². The minimum atomic E-state index is -1.07. The second kappa shape index (κ2) is 7.98. The normalized spacial score (nSPS) is 11.6. The van der Waals surface area contributed by atoms with Crippen LogP contribution in [0.1, 0.15) is 22.8 Å². The summed E-state index contributed by atoms with van der Waals surface area (Å²) >= 11 is 6.00. The molecule has 5 nitrogen and oxygen atoms in total. The van der Waals surface area contributed by atoms with Crippen molar-refractivity contribution >= 4 is 29.2 Å². The standard InChI is InChI=1S/C18H17ClFNO4/c1-10-13(19)5-4-6-15(10)21-17(22)11(2)25-18(23)12-7-8-16(24-3)14(20)9-12/h4-9,11H,1-3H3,(H,21,22)/t11-/m1/s1. The quantitative estimate of drug-likeness (QED) is 0.814. The highest BCUT2D eigenvalue weighted by Crippen LogP contribution is 2.23. The van der Waals surface area contributed by atoms with Gasteiger partial charge in [0.05, 0.1) is 12.7 Å². The molecule has 0 aliphatic heterocycles. The second-order valence-corrected chi connectivity index (χ2v) is 5.71. The van der Waals surface area contributed by atoms with Crippen LogP contribution in [0, 0.1) is 12.7 Å². The number of halogens is 2. The summed E-state index contributed by atoms with van der Waals surface area (Å²) in [6.07, 6.45) is -1.07. The summed E-state index contributed by atoms with van der Waals surface area (Å²) in [5.74, 6) is -2.01. The number of nitrogens with one attached hydrogen (secondary N) is 1. The fourth-order valence-corrected chi connectivity index (χ4v) is 2.23. The number of carbonyl (C=O) groups excluding carboxylic acids is 2. The Morgan fingerprint density at radius 3 is 2.60 bits per heavy atom. The van der Waals surface area contributed by atoms with E-state index < -0.39 is 23.8 Å². The molecule has 1 amide bonds. The number of esters is 1. The van der Waals surface area contributed by atoms with Gasteiger partial charge in [0.15, 0.2) is 17.7 Å². The van der Waals surface area contributed by atoms with Crippen molar-refractivity contribution in [1.29, 1.82) is 0 Å². The van der Waals surface area contributed by atoms with Crippen LogP contribution >= 0.6 is 11.6 Å². The van der Waals surface area contributed by atoms with Crippen molar-refractivity contribution in [3.63, 3.8) is 0 Å². The molecule has 0 radical (unpaired) electrons. The highest BCUT2D eigenvalue weighted by Gasteiger charge is 2.20. The summed E-state index contributed by atoms with van der Waals surface area (Å²) in [5, 5.41) is 3.15. The van der Waals surface area contributed by atoms with Crippen LogP contribution in [0.3, 0.4) is 0 Å². The van der Waals surface area contributed by atoms with Crippen LogP contribution in [-0.2, 0) is 9.53 Å². The largest absolute Gasteiger partial charge is 0.494 e. The van der Waals surface area contributed by atoms with Gasteiger partial charge in [-0.1, -0.05) is 17.7 Å².